The Bertz CT molecular complexity index is 777. The number of carbonyl (C=O) groups excluding carboxylic acids is 3. The summed E-state index contributed by atoms with van der Waals surface area (Å²) in [5.41, 5.74) is 6.21. The largest absolute Gasteiger partial charge is 0.466 e. The van der Waals surface area contributed by atoms with Gasteiger partial charge in [0.1, 0.15) is 18.3 Å². The van der Waals surface area contributed by atoms with Crippen molar-refractivity contribution in [2.45, 2.75) is 60.6 Å². The van der Waals surface area contributed by atoms with Gasteiger partial charge in [-0.05, 0) is 12.1 Å². The molecule has 0 radical (unpaired) electrons. The van der Waals surface area contributed by atoms with E-state index in [1.54, 1.807) is 30.3 Å². The smallest absolute Gasteiger partial charge is 0.349 e. The molecule has 0 amide bonds. The third-order valence-electron chi connectivity index (χ3n) is 4.66. The van der Waals surface area contributed by atoms with Crippen LogP contribution in [0.2, 0.25) is 0 Å². The first kappa shape index (κ1) is 25.1. The van der Waals surface area contributed by atoms with Crippen molar-refractivity contribution in [2.75, 3.05) is 13.7 Å². The lowest BCUT2D eigenvalue weighted by atomic mass is 9.90. The Hall–Kier alpha value is -2.18. The molecule has 0 aliphatic carbocycles. The fourth-order valence-corrected chi connectivity index (χ4v) is 4.55. The number of aliphatic hydroxyl groups excluding tert-OH is 2. The standard InChI is InChI=1S/C20H27NO9S/c1-11(23)28-14-9-20(19(26)27-3,31-13-7-5-4-6-8-13)30-18(16(14)21)17(25)15(10-22)29-12(2)24/h4-8,14-18,22,25H,9-10,21H2,1-3H3/t14?,15-,16?,17-,18?,20?/m1/s1. The van der Waals surface area contributed by atoms with Crippen LogP contribution in [0.15, 0.2) is 35.2 Å². The first-order valence-electron chi connectivity index (χ1n) is 9.52. The summed E-state index contributed by atoms with van der Waals surface area (Å²) in [6.45, 7) is 1.58. The molecule has 1 aliphatic heterocycles. The van der Waals surface area contributed by atoms with Gasteiger partial charge in [0.15, 0.2) is 6.10 Å². The van der Waals surface area contributed by atoms with Gasteiger partial charge in [0.2, 0.25) is 4.93 Å². The van der Waals surface area contributed by atoms with Crippen LogP contribution in [0.4, 0.5) is 0 Å². The van der Waals surface area contributed by atoms with Crippen molar-refractivity contribution >= 4 is 29.7 Å². The summed E-state index contributed by atoms with van der Waals surface area (Å²) in [6, 6.07) is 7.73. The van der Waals surface area contributed by atoms with Crippen molar-refractivity contribution in [1.29, 1.82) is 0 Å². The topological polar surface area (TPSA) is 155 Å². The van der Waals surface area contributed by atoms with E-state index in [0.717, 1.165) is 18.7 Å². The van der Waals surface area contributed by atoms with Gasteiger partial charge in [0.05, 0.1) is 19.8 Å². The third-order valence-corrected chi connectivity index (χ3v) is 5.93. The number of hydrogen-bond acceptors (Lipinski definition) is 11. The average molecular weight is 458 g/mol. The number of thioether (sulfide) groups is 1. The summed E-state index contributed by atoms with van der Waals surface area (Å²) in [6.07, 6.45) is -5.52. The lowest BCUT2D eigenvalue weighted by Crippen LogP contribution is -2.65. The predicted molar refractivity (Wildman–Crippen MR) is 109 cm³/mol. The Kier molecular flexibility index (Phi) is 8.83. The van der Waals surface area contributed by atoms with E-state index in [1.807, 2.05) is 0 Å². The normalized spacial score (nSPS) is 27.6. The minimum atomic E-state index is -1.73. The Morgan fingerprint density at radius 1 is 1.26 bits per heavy atom. The number of benzene rings is 1. The second-order valence-corrected chi connectivity index (χ2v) is 8.33. The number of esters is 3. The van der Waals surface area contributed by atoms with E-state index in [9.17, 15) is 24.6 Å². The summed E-state index contributed by atoms with van der Waals surface area (Å²) in [5, 5.41) is 20.4. The average Bonchev–Trinajstić information content (AvgIpc) is 2.73. The van der Waals surface area contributed by atoms with Crippen LogP contribution in [-0.4, -0.2) is 77.2 Å². The van der Waals surface area contributed by atoms with Gasteiger partial charge in [-0.2, -0.15) is 0 Å². The second kappa shape index (κ2) is 10.9. The molecule has 0 spiro atoms. The molecule has 1 aromatic carbocycles. The van der Waals surface area contributed by atoms with Crippen LogP contribution in [0.3, 0.4) is 0 Å². The van der Waals surface area contributed by atoms with Crippen LogP contribution in [0.1, 0.15) is 20.3 Å². The molecule has 11 heteroatoms. The molecule has 31 heavy (non-hydrogen) atoms. The van der Waals surface area contributed by atoms with Gasteiger partial charge < -0.3 is 34.9 Å². The number of aliphatic hydroxyl groups is 2. The predicted octanol–water partition coefficient (Wildman–Crippen LogP) is -0.0192. The summed E-state index contributed by atoms with van der Waals surface area (Å²) < 4.78 is 21.2. The molecule has 0 bridgehead atoms. The first-order valence-corrected chi connectivity index (χ1v) is 10.3. The van der Waals surface area contributed by atoms with Crippen molar-refractivity contribution in [3.05, 3.63) is 30.3 Å². The molecular weight excluding hydrogens is 430 g/mol. The summed E-state index contributed by atoms with van der Waals surface area (Å²) in [7, 11) is 1.18. The molecule has 1 heterocycles. The van der Waals surface area contributed by atoms with E-state index in [-0.39, 0.29) is 6.42 Å². The van der Waals surface area contributed by atoms with Crippen molar-refractivity contribution in [3.8, 4) is 0 Å². The second-order valence-electron chi connectivity index (χ2n) is 6.99. The number of methoxy groups -OCH3 is 1. The minimum absolute atomic E-state index is 0.152. The van der Waals surface area contributed by atoms with E-state index in [0.29, 0.717) is 4.90 Å². The highest BCUT2D eigenvalue weighted by atomic mass is 32.2. The van der Waals surface area contributed by atoms with E-state index in [1.165, 1.54) is 14.0 Å². The lowest BCUT2D eigenvalue weighted by molar-refractivity contribution is -0.212. The molecular formula is C20H27NO9S. The maximum absolute atomic E-state index is 12.9. The zero-order valence-electron chi connectivity index (χ0n) is 17.4. The van der Waals surface area contributed by atoms with Crippen LogP contribution < -0.4 is 5.73 Å². The fourth-order valence-electron chi connectivity index (χ4n) is 3.30. The molecule has 172 valence electrons. The van der Waals surface area contributed by atoms with Crippen LogP contribution >= 0.6 is 11.8 Å². The number of nitrogens with two attached hydrogens (primary N) is 1. The van der Waals surface area contributed by atoms with Gasteiger partial charge in [0, 0.05) is 25.2 Å². The maximum Gasteiger partial charge on any atom is 0.349 e. The Morgan fingerprint density at radius 3 is 2.42 bits per heavy atom. The van der Waals surface area contributed by atoms with Crippen LogP contribution in [0.5, 0.6) is 0 Å². The molecule has 4 N–H and O–H groups in total. The van der Waals surface area contributed by atoms with E-state index < -0.39 is 59.9 Å². The highest BCUT2D eigenvalue weighted by Crippen LogP contribution is 2.44. The highest BCUT2D eigenvalue weighted by molar-refractivity contribution is 8.01. The van der Waals surface area contributed by atoms with Gasteiger partial charge in [-0.1, -0.05) is 30.0 Å². The maximum atomic E-state index is 12.9. The van der Waals surface area contributed by atoms with Crippen molar-refractivity contribution in [3.63, 3.8) is 0 Å². The molecule has 1 fully saturated rings. The van der Waals surface area contributed by atoms with Crippen molar-refractivity contribution < 1.29 is 43.5 Å². The highest BCUT2D eigenvalue weighted by Gasteiger charge is 2.56. The zero-order valence-corrected chi connectivity index (χ0v) is 18.2. The van der Waals surface area contributed by atoms with E-state index >= 15 is 0 Å². The number of carbonyl (C=O) groups is 3. The molecule has 0 saturated carbocycles. The monoisotopic (exact) mass is 457 g/mol. The number of rotatable bonds is 8. The van der Waals surface area contributed by atoms with Crippen LogP contribution in [0.25, 0.3) is 0 Å². The van der Waals surface area contributed by atoms with Gasteiger partial charge in [-0.3, -0.25) is 9.59 Å². The first-order chi connectivity index (χ1) is 14.6. The third kappa shape index (κ3) is 6.17. The summed E-state index contributed by atoms with van der Waals surface area (Å²) >= 11 is 1.01. The Morgan fingerprint density at radius 2 is 1.90 bits per heavy atom. The van der Waals surface area contributed by atoms with Crippen LogP contribution in [-0.2, 0) is 33.3 Å². The summed E-state index contributed by atoms with van der Waals surface area (Å²) in [4.78, 5) is 34.8. The van der Waals surface area contributed by atoms with Crippen LogP contribution in [0, 0.1) is 0 Å². The van der Waals surface area contributed by atoms with E-state index in [4.69, 9.17) is 24.7 Å². The molecule has 1 aliphatic rings. The van der Waals surface area contributed by atoms with E-state index in [2.05, 4.69) is 0 Å². The molecule has 6 atom stereocenters. The summed E-state index contributed by atoms with van der Waals surface area (Å²) in [5.74, 6) is -2.16. The fraction of sp³-hybridized carbons (Fsp3) is 0.550. The lowest BCUT2D eigenvalue weighted by Gasteiger charge is -2.46. The molecule has 1 aromatic rings. The van der Waals surface area contributed by atoms with Gasteiger partial charge in [-0.15, -0.1) is 0 Å². The van der Waals surface area contributed by atoms with Crippen molar-refractivity contribution in [1.82, 2.24) is 0 Å². The molecule has 2 rings (SSSR count). The van der Waals surface area contributed by atoms with Gasteiger partial charge in [-0.25, -0.2) is 4.79 Å². The van der Waals surface area contributed by atoms with Gasteiger partial charge in [0.25, 0.3) is 0 Å². The van der Waals surface area contributed by atoms with Crippen molar-refractivity contribution in [2.24, 2.45) is 5.73 Å². The molecule has 1 saturated heterocycles. The minimum Gasteiger partial charge on any atom is -0.466 e. The Balaban J connectivity index is 2.47. The molecule has 10 nitrogen and oxygen atoms in total. The Labute approximate surface area is 184 Å². The zero-order chi connectivity index (χ0) is 23.2. The quantitative estimate of drug-likeness (QED) is 0.356. The van der Waals surface area contributed by atoms with Gasteiger partial charge >= 0.3 is 17.9 Å². The molecule has 0 aromatic heterocycles. The SMILES string of the molecule is COC(=O)C1(Sc2ccccc2)CC(OC(C)=O)C(N)C([C@H](O)[C@@H](CO)OC(C)=O)O1. The number of hydrogen-bond donors (Lipinski definition) is 3. The number of ether oxygens (including phenoxy) is 4. The molecule has 4 unspecified atom stereocenters.